The van der Waals surface area contributed by atoms with E-state index < -0.39 is 0 Å². The summed E-state index contributed by atoms with van der Waals surface area (Å²) < 4.78 is 20.3. The van der Waals surface area contributed by atoms with Crippen molar-refractivity contribution in [2.75, 3.05) is 0 Å². The SMILES string of the molecule is C=CCc1cc(/C=C2\SC(=Nc3ccc(CC)cc3)NC2=O)cc(Br)c1OCc1cccc(F)c1. The van der Waals surface area contributed by atoms with Gasteiger partial charge in [0.2, 0.25) is 0 Å². The van der Waals surface area contributed by atoms with Gasteiger partial charge in [0.1, 0.15) is 18.2 Å². The highest BCUT2D eigenvalue weighted by atomic mass is 79.9. The van der Waals surface area contributed by atoms with Crippen molar-refractivity contribution < 1.29 is 13.9 Å². The first-order chi connectivity index (χ1) is 16.9. The zero-order valence-corrected chi connectivity index (χ0v) is 21.6. The maximum Gasteiger partial charge on any atom is 0.264 e. The minimum atomic E-state index is -0.299. The van der Waals surface area contributed by atoms with Crippen molar-refractivity contribution in [3.05, 3.63) is 111 Å². The third kappa shape index (κ3) is 6.50. The molecule has 7 heteroatoms. The second-order valence-corrected chi connectivity index (χ2v) is 9.79. The Kier molecular flexibility index (Phi) is 8.21. The summed E-state index contributed by atoms with van der Waals surface area (Å²) in [5.74, 6) is 0.177. The number of amides is 1. The van der Waals surface area contributed by atoms with Crippen LogP contribution in [-0.4, -0.2) is 11.1 Å². The number of halogens is 2. The van der Waals surface area contributed by atoms with Crippen LogP contribution in [0, 0.1) is 5.82 Å². The highest BCUT2D eigenvalue weighted by Crippen LogP contribution is 2.35. The van der Waals surface area contributed by atoms with E-state index in [2.05, 4.69) is 39.7 Å². The topological polar surface area (TPSA) is 50.7 Å². The van der Waals surface area contributed by atoms with Crippen molar-refractivity contribution in [1.82, 2.24) is 5.32 Å². The van der Waals surface area contributed by atoms with E-state index in [0.717, 1.165) is 33.3 Å². The molecule has 35 heavy (non-hydrogen) atoms. The molecular formula is C28H24BrFN2O2S. The van der Waals surface area contributed by atoms with E-state index >= 15 is 0 Å². The molecule has 1 saturated heterocycles. The Balaban J connectivity index is 1.54. The number of aliphatic imine (C=N–C) groups is 1. The Bertz CT molecular complexity index is 1320. The molecule has 4 nitrogen and oxygen atoms in total. The van der Waals surface area contributed by atoms with Gasteiger partial charge in [-0.05, 0) is 105 Å². The number of ether oxygens (including phenoxy) is 1. The van der Waals surface area contributed by atoms with Gasteiger partial charge in [-0.1, -0.05) is 37.3 Å². The first-order valence-electron chi connectivity index (χ1n) is 11.1. The number of benzene rings is 3. The fourth-order valence-electron chi connectivity index (χ4n) is 3.56. The predicted molar refractivity (Wildman–Crippen MR) is 145 cm³/mol. The van der Waals surface area contributed by atoms with E-state index in [0.29, 0.717) is 22.2 Å². The van der Waals surface area contributed by atoms with E-state index in [-0.39, 0.29) is 18.3 Å². The minimum absolute atomic E-state index is 0.188. The van der Waals surface area contributed by atoms with E-state index in [1.54, 1.807) is 12.1 Å². The van der Waals surface area contributed by atoms with Crippen molar-refractivity contribution in [1.29, 1.82) is 0 Å². The molecule has 1 aliphatic heterocycles. The molecule has 4 rings (SSSR count). The number of carbonyl (C=O) groups excluding carboxylic acids is 1. The van der Waals surface area contributed by atoms with Crippen LogP contribution in [0.25, 0.3) is 6.08 Å². The average Bonchev–Trinajstić information content (AvgIpc) is 3.17. The summed E-state index contributed by atoms with van der Waals surface area (Å²) >= 11 is 4.90. The number of thioether (sulfide) groups is 1. The Hall–Kier alpha value is -3.16. The molecule has 1 aliphatic rings. The van der Waals surface area contributed by atoms with Crippen LogP contribution in [0.3, 0.4) is 0 Å². The lowest BCUT2D eigenvalue weighted by molar-refractivity contribution is -0.115. The maximum atomic E-state index is 13.5. The van der Waals surface area contributed by atoms with Crippen molar-refractivity contribution in [3.8, 4) is 5.75 Å². The molecular weight excluding hydrogens is 527 g/mol. The van der Waals surface area contributed by atoms with Crippen LogP contribution in [0.4, 0.5) is 10.1 Å². The van der Waals surface area contributed by atoms with Gasteiger partial charge in [0.05, 0.1) is 15.1 Å². The fourth-order valence-corrected chi connectivity index (χ4v) is 5.04. The van der Waals surface area contributed by atoms with Crippen molar-refractivity contribution in [3.63, 3.8) is 0 Å². The molecule has 1 heterocycles. The predicted octanol–water partition coefficient (Wildman–Crippen LogP) is 7.35. The zero-order chi connectivity index (χ0) is 24.8. The first-order valence-corrected chi connectivity index (χ1v) is 12.7. The molecule has 3 aromatic rings. The molecule has 1 fully saturated rings. The van der Waals surface area contributed by atoms with Gasteiger partial charge in [-0.15, -0.1) is 6.58 Å². The van der Waals surface area contributed by atoms with Gasteiger partial charge in [0, 0.05) is 0 Å². The lowest BCUT2D eigenvalue weighted by atomic mass is 10.1. The summed E-state index contributed by atoms with van der Waals surface area (Å²) in [6.07, 6.45) is 5.16. The van der Waals surface area contributed by atoms with Gasteiger partial charge in [0.15, 0.2) is 5.17 Å². The van der Waals surface area contributed by atoms with E-state index in [9.17, 15) is 9.18 Å². The molecule has 0 aliphatic carbocycles. The number of allylic oxidation sites excluding steroid dienone is 1. The number of amidine groups is 1. The third-order valence-corrected chi connectivity index (χ3v) is 6.80. The summed E-state index contributed by atoms with van der Waals surface area (Å²) in [5, 5.41) is 3.38. The van der Waals surface area contributed by atoms with Crippen molar-refractivity contribution in [2.45, 2.75) is 26.4 Å². The maximum absolute atomic E-state index is 13.5. The first kappa shape index (κ1) is 24.9. The van der Waals surface area contributed by atoms with Gasteiger partial charge in [-0.2, -0.15) is 0 Å². The number of rotatable bonds is 8. The standard InChI is InChI=1S/C28H24BrFN2O2S/c1-3-6-21-13-20(15-24(29)26(21)34-17-19-7-5-8-22(30)14-19)16-25-27(33)32-28(35-25)31-23-11-9-18(4-2)10-12-23/h3,5,7-16H,1,4,6,17H2,2H3,(H,31,32,33)/b25-16-. The molecule has 0 atom stereocenters. The molecule has 178 valence electrons. The smallest absolute Gasteiger partial charge is 0.264 e. The monoisotopic (exact) mass is 550 g/mol. The largest absolute Gasteiger partial charge is 0.487 e. The lowest BCUT2D eigenvalue weighted by Crippen LogP contribution is -2.19. The molecule has 1 N–H and O–H groups in total. The van der Waals surface area contributed by atoms with Crippen LogP contribution in [-0.2, 0) is 24.2 Å². The molecule has 3 aromatic carbocycles. The normalized spacial score (nSPS) is 15.5. The van der Waals surface area contributed by atoms with E-state index in [4.69, 9.17) is 4.74 Å². The van der Waals surface area contributed by atoms with Gasteiger partial charge >= 0.3 is 0 Å². The van der Waals surface area contributed by atoms with Gasteiger partial charge in [0.25, 0.3) is 5.91 Å². The van der Waals surface area contributed by atoms with Crippen LogP contribution < -0.4 is 10.1 Å². The molecule has 0 aromatic heterocycles. The summed E-state index contributed by atoms with van der Waals surface area (Å²) in [6, 6.07) is 18.2. The minimum Gasteiger partial charge on any atom is -0.487 e. The van der Waals surface area contributed by atoms with Crippen LogP contribution >= 0.6 is 27.7 Å². The molecule has 0 saturated carbocycles. The second-order valence-electron chi connectivity index (χ2n) is 7.90. The summed E-state index contributed by atoms with van der Waals surface area (Å²) in [5.41, 5.74) is 4.52. The molecule has 0 radical (unpaired) electrons. The van der Waals surface area contributed by atoms with Crippen molar-refractivity contribution >= 4 is 50.5 Å². The van der Waals surface area contributed by atoms with E-state index in [1.165, 1.54) is 29.5 Å². The second kappa shape index (κ2) is 11.5. The number of nitrogens with zero attached hydrogens (tertiary/aromatic N) is 1. The summed E-state index contributed by atoms with van der Waals surface area (Å²) in [6.45, 7) is 6.18. The Morgan fingerprint density at radius 1 is 1.14 bits per heavy atom. The zero-order valence-electron chi connectivity index (χ0n) is 19.2. The lowest BCUT2D eigenvalue weighted by Gasteiger charge is -2.14. The van der Waals surface area contributed by atoms with E-state index in [1.807, 2.05) is 48.5 Å². The van der Waals surface area contributed by atoms with Crippen LogP contribution in [0.2, 0.25) is 0 Å². The number of carbonyl (C=O) groups is 1. The number of hydrogen-bond donors (Lipinski definition) is 1. The average molecular weight is 551 g/mol. The van der Waals surface area contributed by atoms with Crippen LogP contribution in [0.5, 0.6) is 5.75 Å². The molecule has 0 unspecified atom stereocenters. The van der Waals surface area contributed by atoms with Gasteiger partial charge in [-0.25, -0.2) is 9.38 Å². The third-order valence-electron chi connectivity index (χ3n) is 5.30. The fraction of sp³-hybridized carbons (Fsp3) is 0.143. The number of nitrogens with one attached hydrogen (secondary N) is 1. The van der Waals surface area contributed by atoms with Gasteiger partial charge < -0.3 is 10.1 Å². The molecule has 0 spiro atoms. The van der Waals surface area contributed by atoms with Crippen LogP contribution in [0.1, 0.15) is 29.2 Å². The Morgan fingerprint density at radius 2 is 1.94 bits per heavy atom. The van der Waals surface area contributed by atoms with Crippen molar-refractivity contribution in [2.24, 2.45) is 4.99 Å². The molecule has 1 amide bonds. The summed E-state index contributed by atoms with van der Waals surface area (Å²) in [7, 11) is 0. The highest BCUT2D eigenvalue weighted by molar-refractivity contribution is 9.10. The quantitative estimate of drug-likeness (QED) is 0.235. The van der Waals surface area contributed by atoms with Gasteiger partial charge in [-0.3, -0.25) is 4.79 Å². The summed E-state index contributed by atoms with van der Waals surface area (Å²) in [4.78, 5) is 17.7. The van der Waals surface area contributed by atoms with Crippen LogP contribution in [0.15, 0.2) is 87.7 Å². The Labute approximate surface area is 217 Å². The highest BCUT2D eigenvalue weighted by Gasteiger charge is 2.24. The Morgan fingerprint density at radius 3 is 2.66 bits per heavy atom. The number of hydrogen-bond acceptors (Lipinski definition) is 4. The molecule has 0 bridgehead atoms. The number of aryl methyl sites for hydroxylation is 1.